The summed E-state index contributed by atoms with van der Waals surface area (Å²) in [6, 6.07) is 7.32. The van der Waals surface area contributed by atoms with E-state index >= 15 is 0 Å². The minimum absolute atomic E-state index is 0.0767. The van der Waals surface area contributed by atoms with Gasteiger partial charge in [-0.05, 0) is 46.9 Å². The lowest BCUT2D eigenvalue weighted by molar-refractivity contribution is 0.0798. The third-order valence-corrected chi connectivity index (χ3v) is 2.99. The van der Waals surface area contributed by atoms with Crippen LogP contribution in [0, 0.1) is 3.57 Å². The van der Waals surface area contributed by atoms with Crippen LogP contribution >= 0.6 is 22.6 Å². The van der Waals surface area contributed by atoms with Gasteiger partial charge in [0.15, 0.2) is 0 Å². The molecule has 17 heavy (non-hydrogen) atoms. The largest absolute Gasteiger partial charge is 0.409 e. The Bertz CT molecular complexity index is 417. The first-order chi connectivity index (χ1) is 8.04. The predicted molar refractivity (Wildman–Crippen MR) is 74.1 cm³/mol. The normalized spacial score (nSPS) is 11.3. The molecule has 0 aliphatic rings. The van der Waals surface area contributed by atoms with Gasteiger partial charge < -0.3 is 15.8 Å². The maximum atomic E-state index is 11.9. The van der Waals surface area contributed by atoms with Gasteiger partial charge in [0.05, 0.1) is 0 Å². The minimum Gasteiger partial charge on any atom is -0.409 e. The molecule has 0 saturated carbocycles. The highest BCUT2D eigenvalue weighted by atomic mass is 127. The molecule has 0 aliphatic heterocycles. The van der Waals surface area contributed by atoms with Crippen molar-refractivity contribution in [2.75, 3.05) is 13.6 Å². The lowest BCUT2D eigenvalue weighted by Crippen LogP contribution is -2.30. The van der Waals surface area contributed by atoms with E-state index in [0.717, 1.165) is 3.57 Å². The molecular weight excluding hydrogens is 333 g/mol. The second-order valence-electron chi connectivity index (χ2n) is 3.57. The number of nitrogens with zero attached hydrogens (tertiary/aromatic N) is 2. The number of nitrogens with two attached hydrogens (primary N) is 1. The standard InChI is InChI=1S/C11H14IN3O2/c1-15(7-6-10(13)14-17)11(16)8-2-4-9(12)5-3-8/h2-5,17H,6-7H2,1H3,(H2,13,14). The van der Waals surface area contributed by atoms with Crippen LogP contribution in [-0.2, 0) is 0 Å². The molecule has 0 aromatic heterocycles. The second-order valence-corrected chi connectivity index (χ2v) is 4.82. The summed E-state index contributed by atoms with van der Waals surface area (Å²) in [6.07, 6.45) is 0.350. The fourth-order valence-electron chi connectivity index (χ4n) is 1.25. The van der Waals surface area contributed by atoms with Crippen LogP contribution < -0.4 is 5.73 Å². The summed E-state index contributed by atoms with van der Waals surface area (Å²) in [4.78, 5) is 13.5. The molecule has 1 rings (SSSR count). The number of hydrogen-bond acceptors (Lipinski definition) is 3. The van der Waals surface area contributed by atoms with Gasteiger partial charge in [-0.15, -0.1) is 0 Å². The van der Waals surface area contributed by atoms with Crippen molar-refractivity contribution in [1.82, 2.24) is 4.90 Å². The number of carbonyl (C=O) groups excluding carboxylic acids is 1. The molecule has 0 aliphatic carbocycles. The number of amidine groups is 1. The van der Waals surface area contributed by atoms with Crippen LogP contribution in [0.4, 0.5) is 0 Å². The molecular formula is C11H14IN3O2. The Morgan fingerprint density at radius 2 is 2.06 bits per heavy atom. The van der Waals surface area contributed by atoms with Gasteiger partial charge in [-0.2, -0.15) is 0 Å². The molecule has 0 unspecified atom stereocenters. The summed E-state index contributed by atoms with van der Waals surface area (Å²) >= 11 is 2.18. The van der Waals surface area contributed by atoms with E-state index in [1.165, 1.54) is 0 Å². The summed E-state index contributed by atoms with van der Waals surface area (Å²) in [5.41, 5.74) is 5.97. The molecule has 92 valence electrons. The van der Waals surface area contributed by atoms with Crippen LogP contribution in [0.1, 0.15) is 16.8 Å². The number of carbonyl (C=O) groups is 1. The molecule has 0 atom stereocenters. The summed E-state index contributed by atoms with van der Waals surface area (Å²) in [5.74, 6) is 0.0411. The Hall–Kier alpha value is -1.31. The van der Waals surface area contributed by atoms with Crippen molar-refractivity contribution in [1.29, 1.82) is 0 Å². The van der Waals surface area contributed by atoms with Crippen LogP contribution in [0.5, 0.6) is 0 Å². The predicted octanol–water partition coefficient (Wildman–Crippen LogP) is 1.50. The number of halogens is 1. The van der Waals surface area contributed by atoms with Gasteiger partial charge >= 0.3 is 0 Å². The van der Waals surface area contributed by atoms with Crippen molar-refractivity contribution in [3.8, 4) is 0 Å². The Morgan fingerprint density at radius 3 is 2.59 bits per heavy atom. The highest BCUT2D eigenvalue weighted by molar-refractivity contribution is 14.1. The summed E-state index contributed by atoms with van der Waals surface area (Å²) in [6.45, 7) is 0.417. The first-order valence-corrected chi connectivity index (χ1v) is 6.10. The monoisotopic (exact) mass is 347 g/mol. The van der Waals surface area contributed by atoms with Gasteiger partial charge in [0.2, 0.25) is 0 Å². The number of oxime groups is 1. The maximum absolute atomic E-state index is 11.9. The quantitative estimate of drug-likeness (QED) is 0.285. The number of hydrogen-bond donors (Lipinski definition) is 2. The molecule has 1 amide bonds. The zero-order valence-electron chi connectivity index (χ0n) is 9.43. The molecule has 1 aromatic rings. The number of benzene rings is 1. The van der Waals surface area contributed by atoms with Gasteiger partial charge in [-0.3, -0.25) is 4.79 Å². The molecule has 6 heteroatoms. The number of amides is 1. The van der Waals surface area contributed by atoms with Gasteiger partial charge in [-0.25, -0.2) is 0 Å². The third kappa shape index (κ3) is 4.22. The van der Waals surface area contributed by atoms with Crippen LogP contribution in [-0.4, -0.2) is 35.4 Å². The first-order valence-electron chi connectivity index (χ1n) is 5.02. The summed E-state index contributed by atoms with van der Waals surface area (Å²) in [5, 5.41) is 11.3. The molecule has 3 N–H and O–H groups in total. The Morgan fingerprint density at radius 1 is 1.47 bits per heavy atom. The molecule has 1 aromatic carbocycles. The van der Waals surface area contributed by atoms with Crippen LogP contribution in [0.15, 0.2) is 29.4 Å². The smallest absolute Gasteiger partial charge is 0.253 e. The van der Waals surface area contributed by atoms with Crippen LogP contribution in [0.25, 0.3) is 0 Å². The minimum atomic E-state index is -0.0767. The van der Waals surface area contributed by atoms with E-state index in [9.17, 15) is 4.79 Å². The Balaban J connectivity index is 2.60. The van der Waals surface area contributed by atoms with E-state index in [2.05, 4.69) is 27.7 Å². The van der Waals surface area contributed by atoms with Crippen molar-refractivity contribution >= 4 is 34.3 Å². The van der Waals surface area contributed by atoms with Gasteiger partial charge in [-0.1, -0.05) is 5.16 Å². The Kier molecular flexibility index (Phi) is 5.20. The number of rotatable bonds is 4. The first kappa shape index (κ1) is 13.8. The SMILES string of the molecule is CN(CC/C(N)=N/O)C(=O)c1ccc(I)cc1. The maximum Gasteiger partial charge on any atom is 0.253 e. The van der Waals surface area contributed by atoms with E-state index < -0.39 is 0 Å². The highest BCUT2D eigenvalue weighted by Crippen LogP contribution is 2.08. The van der Waals surface area contributed by atoms with Crippen molar-refractivity contribution in [3.63, 3.8) is 0 Å². The molecule has 0 heterocycles. The summed E-state index contributed by atoms with van der Waals surface area (Å²) < 4.78 is 1.08. The van der Waals surface area contributed by atoms with E-state index in [0.29, 0.717) is 18.5 Å². The molecule has 0 saturated heterocycles. The zero-order valence-corrected chi connectivity index (χ0v) is 11.6. The molecule has 0 bridgehead atoms. The highest BCUT2D eigenvalue weighted by Gasteiger charge is 2.11. The fraction of sp³-hybridized carbons (Fsp3) is 0.273. The third-order valence-electron chi connectivity index (χ3n) is 2.27. The van der Waals surface area contributed by atoms with E-state index in [1.54, 1.807) is 24.1 Å². The fourth-order valence-corrected chi connectivity index (χ4v) is 1.61. The summed E-state index contributed by atoms with van der Waals surface area (Å²) in [7, 11) is 1.69. The lowest BCUT2D eigenvalue weighted by atomic mass is 10.2. The van der Waals surface area contributed by atoms with Gasteiger partial charge in [0.25, 0.3) is 5.91 Å². The van der Waals surface area contributed by atoms with E-state index in [1.807, 2.05) is 12.1 Å². The Labute approximate surface area is 113 Å². The van der Waals surface area contributed by atoms with Crippen molar-refractivity contribution in [3.05, 3.63) is 33.4 Å². The van der Waals surface area contributed by atoms with Crippen molar-refractivity contribution in [2.45, 2.75) is 6.42 Å². The van der Waals surface area contributed by atoms with Crippen molar-refractivity contribution < 1.29 is 10.0 Å². The molecule has 5 nitrogen and oxygen atoms in total. The second kappa shape index (κ2) is 6.43. The topological polar surface area (TPSA) is 78.9 Å². The molecule has 0 radical (unpaired) electrons. The van der Waals surface area contributed by atoms with E-state index in [4.69, 9.17) is 10.9 Å². The lowest BCUT2D eigenvalue weighted by Gasteiger charge is -2.16. The molecule has 0 fully saturated rings. The van der Waals surface area contributed by atoms with Crippen LogP contribution in [0.2, 0.25) is 0 Å². The van der Waals surface area contributed by atoms with E-state index in [-0.39, 0.29) is 11.7 Å². The van der Waals surface area contributed by atoms with Gasteiger partial charge in [0, 0.05) is 29.1 Å². The average Bonchev–Trinajstić information content (AvgIpc) is 2.35. The van der Waals surface area contributed by atoms with Crippen molar-refractivity contribution in [2.24, 2.45) is 10.9 Å². The zero-order chi connectivity index (χ0) is 12.8. The molecule has 0 spiro atoms. The van der Waals surface area contributed by atoms with Crippen LogP contribution in [0.3, 0.4) is 0 Å². The average molecular weight is 347 g/mol. The van der Waals surface area contributed by atoms with Gasteiger partial charge in [0.1, 0.15) is 5.84 Å².